The molecular formula is C16H16Cl2N2O3S. The zero-order valence-electron chi connectivity index (χ0n) is 12.8. The molecule has 2 aromatic rings. The molecule has 0 saturated heterocycles. The van der Waals surface area contributed by atoms with Crippen LogP contribution in [-0.4, -0.2) is 20.9 Å². The van der Waals surface area contributed by atoms with Gasteiger partial charge < -0.3 is 5.32 Å². The Morgan fingerprint density at radius 3 is 2.29 bits per heavy atom. The number of carbonyl (C=O) groups is 1. The second-order valence-corrected chi connectivity index (χ2v) is 7.61. The molecule has 0 aromatic heterocycles. The van der Waals surface area contributed by atoms with Crippen molar-refractivity contribution in [2.24, 2.45) is 0 Å². The number of hydrogen-bond donors (Lipinski definition) is 2. The summed E-state index contributed by atoms with van der Waals surface area (Å²) < 4.78 is 27.2. The van der Waals surface area contributed by atoms with Gasteiger partial charge in [0.25, 0.3) is 10.0 Å². The molecule has 2 rings (SSSR count). The maximum Gasteiger partial charge on any atom is 0.261 e. The molecule has 24 heavy (non-hydrogen) atoms. The third-order valence-electron chi connectivity index (χ3n) is 3.19. The Labute approximate surface area is 151 Å². The van der Waals surface area contributed by atoms with Crippen molar-refractivity contribution in [3.63, 3.8) is 0 Å². The number of anilines is 1. The van der Waals surface area contributed by atoms with Crippen molar-refractivity contribution < 1.29 is 13.2 Å². The van der Waals surface area contributed by atoms with Crippen molar-refractivity contribution >= 4 is 44.8 Å². The molecule has 0 saturated carbocycles. The first-order chi connectivity index (χ1) is 11.3. The average molecular weight is 387 g/mol. The van der Waals surface area contributed by atoms with Crippen LogP contribution in [0.2, 0.25) is 10.0 Å². The van der Waals surface area contributed by atoms with Gasteiger partial charge in [-0.05, 0) is 42.3 Å². The maximum absolute atomic E-state index is 12.4. The molecule has 128 valence electrons. The molecule has 8 heteroatoms. The smallest absolute Gasteiger partial charge is 0.261 e. The second kappa shape index (κ2) is 7.88. The van der Waals surface area contributed by atoms with Crippen LogP contribution in [0.15, 0.2) is 47.4 Å². The number of benzene rings is 2. The maximum atomic E-state index is 12.4. The Bertz CT molecular complexity index is 837. The Kier molecular flexibility index (Phi) is 6.10. The Hall–Kier alpha value is -1.76. The van der Waals surface area contributed by atoms with E-state index in [1.54, 1.807) is 12.1 Å². The second-order valence-electron chi connectivity index (χ2n) is 5.11. The predicted molar refractivity (Wildman–Crippen MR) is 96.1 cm³/mol. The van der Waals surface area contributed by atoms with Crippen LogP contribution in [0.4, 0.5) is 5.69 Å². The summed E-state index contributed by atoms with van der Waals surface area (Å²) >= 11 is 11.7. The normalized spacial score (nSPS) is 11.1. The highest BCUT2D eigenvalue weighted by Crippen LogP contribution is 2.26. The van der Waals surface area contributed by atoms with Crippen molar-refractivity contribution in [1.82, 2.24) is 5.32 Å². The highest BCUT2D eigenvalue weighted by atomic mass is 35.5. The van der Waals surface area contributed by atoms with Gasteiger partial charge in [-0.25, -0.2) is 8.42 Å². The molecule has 0 heterocycles. The van der Waals surface area contributed by atoms with Gasteiger partial charge in [0.1, 0.15) is 0 Å². The lowest BCUT2D eigenvalue weighted by atomic mass is 10.1. The highest BCUT2D eigenvalue weighted by Gasteiger charge is 2.14. The monoisotopic (exact) mass is 386 g/mol. The van der Waals surface area contributed by atoms with E-state index in [-0.39, 0.29) is 15.8 Å². The van der Waals surface area contributed by atoms with E-state index in [9.17, 15) is 13.2 Å². The minimum atomic E-state index is -3.72. The van der Waals surface area contributed by atoms with Crippen LogP contribution in [0.1, 0.15) is 12.5 Å². The van der Waals surface area contributed by atoms with Crippen LogP contribution in [0, 0.1) is 0 Å². The number of halogens is 2. The standard InChI is InChI=1S/C16H16Cl2N2O3S/c1-11(21)19-9-8-12-2-5-14(6-3-12)24(22,23)20-13-4-7-15(17)16(18)10-13/h2-7,10,20H,8-9H2,1H3,(H,19,21). The first kappa shape index (κ1) is 18.6. The summed E-state index contributed by atoms with van der Waals surface area (Å²) in [7, 11) is -3.72. The van der Waals surface area contributed by atoms with E-state index in [4.69, 9.17) is 23.2 Å². The molecule has 2 aromatic carbocycles. The van der Waals surface area contributed by atoms with Gasteiger partial charge in [-0.2, -0.15) is 0 Å². The molecule has 1 amide bonds. The van der Waals surface area contributed by atoms with E-state index in [1.807, 2.05) is 0 Å². The Morgan fingerprint density at radius 1 is 1.04 bits per heavy atom. The van der Waals surface area contributed by atoms with Crippen LogP contribution >= 0.6 is 23.2 Å². The van der Waals surface area contributed by atoms with E-state index < -0.39 is 10.0 Å². The van der Waals surface area contributed by atoms with Gasteiger partial charge in [0.2, 0.25) is 5.91 Å². The SMILES string of the molecule is CC(=O)NCCc1ccc(S(=O)(=O)Nc2ccc(Cl)c(Cl)c2)cc1. The lowest BCUT2D eigenvalue weighted by Crippen LogP contribution is -2.22. The lowest BCUT2D eigenvalue weighted by molar-refractivity contribution is -0.118. The summed E-state index contributed by atoms with van der Waals surface area (Å²) in [6, 6.07) is 11.0. The molecule has 5 nitrogen and oxygen atoms in total. The fourth-order valence-electron chi connectivity index (χ4n) is 1.99. The van der Waals surface area contributed by atoms with Crippen LogP contribution < -0.4 is 10.0 Å². The summed E-state index contributed by atoms with van der Waals surface area (Å²) in [6.07, 6.45) is 0.625. The molecule has 0 radical (unpaired) electrons. The number of sulfonamides is 1. The number of nitrogens with one attached hydrogen (secondary N) is 2. The van der Waals surface area contributed by atoms with Gasteiger partial charge in [0.15, 0.2) is 0 Å². The molecule has 0 bridgehead atoms. The summed E-state index contributed by atoms with van der Waals surface area (Å²) in [6.45, 7) is 1.95. The van der Waals surface area contributed by atoms with E-state index in [1.165, 1.54) is 37.3 Å². The molecule has 0 aliphatic carbocycles. The summed E-state index contributed by atoms with van der Waals surface area (Å²) in [5.41, 5.74) is 1.26. The number of hydrogen-bond acceptors (Lipinski definition) is 3. The van der Waals surface area contributed by atoms with Crippen LogP contribution in [-0.2, 0) is 21.2 Å². The van der Waals surface area contributed by atoms with E-state index in [0.717, 1.165) is 5.56 Å². The zero-order chi connectivity index (χ0) is 17.7. The third kappa shape index (κ3) is 5.12. The van der Waals surface area contributed by atoms with Crippen LogP contribution in [0.3, 0.4) is 0 Å². The predicted octanol–water partition coefficient (Wildman–Crippen LogP) is 3.47. The first-order valence-electron chi connectivity index (χ1n) is 7.09. The van der Waals surface area contributed by atoms with Gasteiger partial charge in [0.05, 0.1) is 20.6 Å². The minimum Gasteiger partial charge on any atom is -0.356 e. The Balaban J connectivity index is 2.08. The average Bonchev–Trinajstić information content (AvgIpc) is 2.51. The van der Waals surface area contributed by atoms with Gasteiger partial charge in [-0.15, -0.1) is 0 Å². The molecule has 0 aliphatic heterocycles. The Morgan fingerprint density at radius 2 is 1.71 bits per heavy atom. The quantitative estimate of drug-likeness (QED) is 0.797. The van der Waals surface area contributed by atoms with Gasteiger partial charge in [-0.3, -0.25) is 9.52 Å². The van der Waals surface area contributed by atoms with Crippen molar-refractivity contribution in [2.75, 3.05) is 11.3 Å². The topological polar surface area (TPSA) is 75.3 Å². The zero-order valence-corrected chi connectivity index (χ0v) is 15.2. The van der Waals surface area contributed by atoms with Gasteiger partial charge in [0, 0.05) is 13.5 Å². The summed E-state index contributed by atoms with van der Waals surface area (Å²) in [5.74, 6) is -0.0972. The van der Waals surface area contributed by atoms with E-state index >= 15 is 0 Å². The van der Waals surface area contributed by atoms with Gasteiger partial charge >= 0.3 is 0 Å². The summed E-state index contributed by atoms with van der Waals surface area (Å²) in [5, 5.41) is 3.31. The largest absolute Gasteiger partial charge is 0.356 e. The van der Waals surface area contributed by atoms with E-state index in [0.29, 0.717) is 23.7 Å². The van der Waals surface area contributed by atoms with E-state index in [2.05, 4.69) is 10.0 Å². The third-order valence-corrected chi connectivity index (χ3v) is 5.33. The van der Waals surface area contributed by atoms with Crippen molar-refractivity contribution in [3.8, 4) is 0 Å². The van der Waals surface area contributed by atoms with Crippen molar-refractivity contribution in [1.29, 1.82) is 0 Å². The molecule has 0 unspecified atom stereocenters. The van der Waals surface area contributed by atoms with Crippen LogP contribution in [0.5, 0.6) is 0 Å². The highest BCUT2D eigenvalue weighted by molar-refractivity contribution is 7.92. The molecule has 2 N–H and O–H groups in total. The van der Waals surface area contributed by atoms with Gasteiger partial charge in [-0.1, -0.05) is 35.3 Å². The summed E-state index contributed by atoms with van der Waals surface area (Å²) in [4.78, 5) is 11.0. The van der Waals surface area contributed by atoms with Crippen molar-refractivity contribution in [3.05, 3.63) is 58.1 Å². The fraction of sp³-hybridized carbons (Fsp3) is 0.188. The number of carbonyl (C=O) groups excluding carboxylic acids is 1. The molecule has 0 atom stereocenters. The lowest BCUT2D eigenvalue weighted by Gasteiger charge is -2.10. The molecule has 0 aliphatic rings. The minimum absolute atomic E-state index is 0.0972. The fourth-order valence-corrected chi connectivity index (χ4v) is 3.34. The van der Waals surface area contributed by atoms with Crippen molar-refractivity contribution in [2.45, 2.75) is 18.2 Å². The molecule has 0 spiro atoms. The first-order valence-corrected chi connectivity index (χ1v) is 9.33. The van der Waals surface area contributed by atoms with Crippen LogP contribution in [0.25, 0.3) is 0 Å². The molecular weight excluding hydrogens is 371 g/mol. The number of amides is 1. The molecule has 0 fully saturated rings. The number of rotatable bonds is 6.